The molecule has 2 N–H and O–H groups in total. The number of carbonyl (C=O) groups is 2. The topological polar surface area (TPSA) is 88.1 Å². The van der Waals surface area contributed by atoms with Gasteiger partial charge in [0.2, 0.25) is 0 Å². The zero-order chi connectivity index (χ0) is 22.0. The highest BCUT2D eigenvalue weighted by Crippen LogP contribution is 2.41. The molecule has 1 fully saturated rings. The standard InChI is InChI=1S/C24H28N2O5/c1-3-16-6-8-19(9-7-16)31-15-18(27)14-26-22(28)24(25-23(26)29)12-4-5-17-13-20(30-2)10-11-21(17)24/h6-11,13,18,27H,3-5,12,14-15H2,1-2H3,(H,25,29)/t18-,24+/m1/s1. The molecule has 1 aliphatic heterocycles. The lowest BCUT2D eigenvalue weighted by Crippen LogP contribution is -2.47. The van der Waals surface area contributed by atoms with Crippen LogP contribution < -0.4 is 14.8 Å². The predicted octanol–water partition coefficient (Wildman–Crippen LogP) is 2.78. The molecule has 2 atom stereocenters. The molecule has 7 heteroatoms. The monoisotopic (exact) mass is 424 g/mol. The zero-order valence-electron chi connectivity index (χ0n) is 17.9. The van der Waals surface area contributed by atoms with Gasteiger partial charge in [-0.15, -0.1) is 0 Å². The van der Waals surface area contributed by atoms with Crippen molar-refractivity contribution in [2.45, 2.75) is 44.2 Å². The summed E-state index contributed by atoms with van der Waals surface area (Å²) in [6, 6.07) is 12.7. The molecule has 2 aromatic rings. The maximum atomic E-state index is 13.3. The van der Waals surface area contributed by atoms with Gasteiger partial charge in [0.15, 0.2) is 0 Å². The van der Waals surface area contributed by atoms with Gasteiger partial charge in [0.05, 0.1) is 13.7 Å². The van der Waals surface area contributed by atoms with Crippen LogP contribution in [-0.2, 0) is 23.2 Å². The average Bonchev–Trinajstić information content (AvgIpc) is 3.02. The van der Waals surface area contributed by atoms with Crippen LogP contribution in [0.3, 0.4) is 0 Å². The van der Waals surface area contributed by atoms with E-state index in [0.29, 0.717) is 12.2 Å². The molecule has 1 spiro atoms. The summed E-state index contributed by atoms with van der Waals surface area (Å²) in [5.41, 5.74) is 1.93. The highest BCUT2D eigenvalue weighted by molar-refractivity contribution is 6.07. The van der Waals surface area contributed by atoms with Crippen molar-refractivity contribution in [3.63, 3.8) is 0 Å². The lowest BCUT2D eigenvalue weighted by Gasteiger charge is -2.33. The Bertz CT molecular complexity index is 974. The summed E-state index contributed by atoms with van der Waals surface area (Å²) in [7, 11) is 1.60. The molecule has 4 rings (SSSR count). The van der Waals surface area contributed by atoms with Crippen molar-refractivity contribution in [2.24, 2.45) is 0 Å². The third-order valence-electron chi connectivity index (χ3n) is 6.11. The number of fused-ring (bicyclic) bond motifs is 2. The Balaban J connectivity index is 1.45. The van der Waals surface area contributed by atoms with Gasteiger partial charge in [-0.05, 0) is 66.6 Å². The van der Waals surface area contributed by atoms with Crippen molar-refractivity contribution in [2.75, 3.05) is 20.3 Å². The largest absolute Gasteiger partial charge is 0.497 e. The van der Waals surface area contributed by atoms with Crippen LogP contribution in [0.5, 0.6) is 11.5 Å². The molecule has 0 aromatic heterocycles. The molecule has 0 radical (unpaired) electrons. The van der Waals surface area contributed by atoms with Gasteiger partial charge in [0, 0.05) is 0 Å². The van der Waals surface area contributed by atoms with E-state index in [1.807, 2.05) is 36.4 Å². The summed E-state index contributed by atoms with van der Waals surface area (Å²) in [5, 5.41) is 13.3. The summed E-state index contributed by atoms with van der Waals surface area (Å²) in [5.74, 6) is 1.04. The van der Waals surface area contributed by atoms with Crippen LogP contribution in [0.25, 0.3) is 0 Å². The number of carbonyl (C=O) groups excluding carboxylic acids is 2. The van der Waals surface area contributed by atoms with Gasteiger partial charge in [0.1, 0.15) is 29.7 Å². The second-order valence-corrected chi connectivity index (χ2v) is 8.09. The average molecular weight is 424 g/mol. The van der Waals surface area contributed by atoms with Crippen molar-refractivity contribution in [3.8, 4) is 11.5 Å². The minimum absolute atomic E-state index is 0.0106. The fourth-order valence-corrected chi connectivity index (χ4v) is 4.42. The lowest BCUT2D eigenvalue weighted by molar-refractivity contribution is -0.133. The number of nitrogens with one attached hydrogen (secondary N) is 1. The summed E-state index contributed by atoms with van der Waals surface area (Å²) in [4.78, 5) is 27.1. The van der Waals surface area contributed by atoms with E-state index in [1.165, 1.54) is 5.56 Å². The number of amides is 3. The molecular weight excluding hydrogens is 396 g/mol. The number of rotatable bonds is 7. The summed E-state index contributed by atoms with van der Waals surface area (Å²) < 4.78 is 10.9. The van der Waals surface area contributed by atoms with Crippen molar-refractivity contribution < 1.29 is 24.2 Å². The minimum Gasteiger partial charge on any atom is -0.497 e. The maximum Gasteiger partial charge on any atom is 0.325 e. The maximum absolute atomic E-state index is 13.3. The number of hydrogen-bond donors (Lipinski definition) is 2. The number of aliphatic hydroxyl groups excluding tert-OH is 1. The van der Waals surface area contributed by atoms with Crippen LogP contribution >= 0.6 is 0 Å². The predicted molar refractivity (Wildman–Crippen MR) is 115 cm³/mol. The van der Waals surface area contributed by atoms with E-state index in [0.717, 1.165) is 41.0 Å². The van der Waals surface area contributed by atoms with Crippen molar-refractivity contribution >= 4 is 11.9 Å². The number of benzene rings is 2. The molecule has 1 heterocycles. The third kappa shape index (κ3) is 3.97. The Morgan fingerprint density at radius 3 is 2.61 bits per heavy atom. The molecule has 7 nitrogen and oxygen atoms in total. The SMILES string of the molecule is CCc1ccc(OC[C@H](O)CN2C(=O)N[C@]3(CCCc4cc(OC)ccc43)C2=O)cc1. The highest BCUT2D eigenvalue weighted by Gasteiger charge is 2.54. The van der Waals surface area contributed by atoms with Crippen molar-refractivity contribution in [3.05, 3.63) is 59.2 Å². The van der Waals surface area contributed by atoms with E-state index in [9.17, 15) is 14.7 Å². The molecule has 0 saturated carbocycles. The number of nitrogens with zero attached hydrogens (tertiary/aromatic N) is 1. The van der Waals surface area contributed by atoms with Gasteiger partial charge in [-0.1, -0.05) is 25.1 Å². The van der Waals surface area contributed by atoms with E-state index < -0.39 is 17.7 Å². The van der Waals surface area contributed by atoms with E-state index in [1.54, 1.807) is 13.2 Å². The lowest BCUT2D eigenvalue weighted by atomic mass is 9.76. The number of ether oxygens (including phenoxy) is 2. The van der Waals surface area contributed by atoms with Crippen LogP contribution in [0.15, 0.2) is 42.5 Å². The Kier molecular flexibility index (Phi) is 5.87. The van der Waals surface area contributed by atoms with Crippen LogP contribution in [0.2, 0.25) is 0 Å². The molecule has 2 aromatic carbocycles. The number of hydrogen-bond acceptors (Lipinski definition) is 5. The summed E-state index contributed by atoms with van der Waals surface area (Å²) in [6.45, 7) is 1.94. The van der Waals surface area contributed by atoms with Gasteiger partial charge < -0.3 is 19.9 Å². The fraction of sp³-hybridized carbons (Fsp3) is 0.417. The van der Waals surface area contributed by atoms with Crippen LogP contribution in [0.1, 0.15) is 36.5 Å². The second-order valence-electron chi connectivity index (χ2n) is 8.09. The molecule has 3 amide bonds. The molecule has 2 aliphatic rings. The van der Waals surface area contributed by atoms with Gasteiger partial charge in [-0.2, -0.15) is 0 Å². The highest BCUT2D eigenvalue weighted by atomic mass is 16.5. The van der Waals surface area contributed by atoms with E-state index >= 15 is 0 Å². The third-order valence-corrected chi connectivity index (χ3v) is 6.11. The van der Waals surface area contributed by atoms with Gasteiger partial charge in [-0.3, -0.25) is 9.69 Å². The summed E-state index contributed by atoms with van der Waals surface area (Å²) >= 11 is 0. The first kappa shape index (κ1) is 21.2. The molecule has 164 valence electrons. The van der Waals surface area contributed by atoms with Crippen molar-refractivity contribution in [1.82, 2.24) is 10.2 Å². The molecule has 1 saturated heterocycles. The van der Waals surface area contributed by atoms with Gasteiger partial charge in [0.25, 0.3) is 5.91 Å². The first-order valence-electron chi connectivity index (χ1n) is 10.7. The van der Waals surface area contributed by atoms with Crippen LogP contribution in [0, 0.1) is 0 Å². The second kappa shape index (κ2) is 8.59. The number of aryl methyl sites for hydroxylation is 2. The fourth-order valence-electron chi connectivity index (χ4n) is 4.42. The first-order valence-corrected chi connectivity index (χ1v) is 10.7. The molecule has 1 aliphatic carbocycles. The van der Waals surface area contributed by atoms with Crippen LogP contribution in [0.4, 0.5) is 4.79 Å². The number of β-amino-alcohol motifs (C(OH)–C–C–N with tert-alkyl or cyclic N) is 1. The van der Waals surface area contributed by atoms with Crippen LogP contribution in [-0.4, -0.2) is 48.3 Å². The number of imide groups is 1. The Hall–Kier alpha value is -3.06. The number of methoxy groups -OCH3 is 1. The molecule has 31 heavy (non-hydrogen) atoms. The van der Waals surface area contributed by atoms with E-state index in [2.05, 4.69) is 12.2 Å². The van der Waals surface area contributed by atoms with Gasteiger partial charge in [-0.25, -0.2) is 4.79 Å². The first-order chi connectivity index (χ1) is 15.0. The Labute approximate surface area is 182 Å². The van der Waals surface area contributed by atoms with E-state index in [4.69, 9.17) is 9.47 Å². The van der Waals surface area contributed by atoms with Crippen molar-refractivity contribution in [1.29, 1.82) is 0 Å². The minimum atomic E-state index is -1.08. The summed E-state index contributed by atoms with van der Waals surface area (Å²) in [6.07, 6.45) is 2.08. The number of aliphatic hydroxyl groups is 1. The zero-order valence-corrected chi connectivity index (χ0v) is 17.9. The van der Waals surface area contributed by atoms with E-state index in [-0.39, 0.29) is 19.1 Å². The molecular formula is C24H28N2O5. The smallest absolute Gasteiger partial charge is 0.325 e. The normalized spacial score (nSPS) is 21.1. The Morgan fingerprint density at radius 2 is 1.90 bits per heavy atom. The molecule has 0 bridgehead atoms. The molecule has 0 unspecified atom stereocenters. The van der Waals surface area contributed by atoms with Gasteiger partial charge >= 0.3 is 6.03 Å². The Morgan fingerprint density at radius 1 is 1.16 bits per heavy atom. The quantitative estimate of drug-likeness (QED) is 0.668. The number of urea groups is 1.